The Kier molecular flexibility index (Phi) is 3.97. The molecule has 0 aliphatic rings. The van der Waals surface area contributed by atoms with Crippen LogP contribution >= 0.6 is 12.2 Å². The van der Waals surface area contributed by atoms with Crippen LogP contribution in [0.4, 0.5) is 0 Å². The lowest BCUT2D eigenvalue weighted by atomic mass is 10.1. The Morgan fingerprint density at radius 1 is 1.53 bits per heavy atom. The van der Waals surface area contributed by atoms with Gasteiger partial charge in [-0.15, -0.1) is 6.58 Å². The highest BCUT2D eigenvalue weighted by molar-refractivity contribution is 7.80. The normalized spacial score (nSPS) is 11.0. The molecule has 3 N–H and O–H groups in total. The maximum absolute atomic E-state index is 5.35. The van der Waals surface area contributed by atoms with Crippen molar-refractivity contribution in [2.45, 2.75) is 13.5 Å². The zero-order valence-electron chi connectivity index (χ0n) is 10.8. The Morgan fingerprint density at radius 3 is 2.95 bits per heavy atom. The number of nitrogens with two attached hydrogens (primary N) is 1. The summed E-state index contributed by atoms with van der Waals surface area (Å²) in [7, 11) is 0. The summed E-state index contributed by atoms with van der Waals surface area (Å²) in [5.41, 5.74) is 11.3. The van der Waals surface area contributed by atoms with E-state index < -0.39 is 0 Å². The molecule has 0 saturated carbocycles. The lowest BCUT2D eigenvalue weighted by Crippen LogP contribution is -2.24. The highest BCUT2D eigenvalue weighted by atomic mass is 32.1. The fourth-order valence-corrected chi connectivity index (χ4v) is 2.20. The summed E-state index contributed by atoms with van der Waals surface area (Å²) in [4.78, 5) is 0. The summed E-state index contributed by atoms with van der Waals surface area (Å²) in [6, 6.07) is 8.20. The van der Waals surface area contributed by atoms with Gasteiger partial charge in [0.25, 0.3) is 0 Å². The van der Waals surface area contributed by atoms with Gasteiger partial charge >= 0.3 is 0 Å². The molecule has 0 radical (unpaired) electrons. The van der Waals surface area contributed by atoms with Crippen LogP contribution in [0, 0.1) is 6.92 Å². The zero-order chi connectivity index (χ0) is 13.8. The molecular weight excluding hydrogens is 256 g/mol. The smallest absolute Gasteiger partial charge is 0.184 e. The second-order valence-corrected chi connectivity index (χ2v) is 4.59. The summed E-state index contributed by atoms with van der Waals surface area (Å²) in [6.45, 7) is 6.63. The minimum Gasteiger partial charge on any atom is -0.375 e. The molecule has 1 aromatic heterocycles. The molecule has 1 aromatic carbocycles. The van der Waals surface area contributed by atoms with Crippen LogP contribution in [0.1, 0.15) is 11.3 Å². The second-order valence-electron chi connectivity index (χ2n) is 4.15. The van der Waals surface area contributed by atoms with E-state index in [0.717, 1.165) is 28.7 Å². The Labute approximate surface area is 117 Å². The molecule has 0 bridgehead atoms. The number of thiocarbonyl (C=S) groups is 1. The molecule has 0 unspecified atom stereocenters. The van der Waals surface area contributed by atoms with Crippen molar-refractivity contribution in [2.24, 2.45) is 10.8 Å². The fourth-order valence-electron chi connectivity index (χ4n) is 2.15. The molecule has 5 heteroatoms. The number of rotatable bonds is 4. The van der Waals surface area contributed by atoms with Crippen LogP contribution in [0.3, 0.4) is 0 Å². The van der Waals surface area contributed by atoms with Gasteiger partial charge in [-0.3, -0.25) is 5.43 Å². The van der Waals surface area contributed by atoms with Gasteiger partial charge in [-0.1, -0.05) is 24.3 Å². The van der Waals surface area contributed by atoms with Gasteiger partial charge in [-0.05, 0) is 25.2 Å². The van der Waals surface area contributed by atoms with Crippen molar-refractivity contribution >= 4 is 34.4 Å². The molecule has 19 heavy (non-hydrogen) atoms. The van der Waals surface area contributed by atoms with E-state index >= 15 is 0 Å². The van der Waals surface area contributed by atoms with Crippen LogP contribution in [0.2, 0.25) is 0 Å². The first-order chi connectivity index (χ1) is 9.15. The van der Waals surface area contributed by atoms with Crippen molar-refractivity contribution in [3.63, 3.8) is 0 Å². The van der Waals surface area contributed by atoms with Crippen molar-refractivity contribution < 1.29 is 0 Å². The number of para-hydroxylation sites is 1. The summed E-state index contributed by atoms with van der Waals surface area (Å²) in [5.74, 6) is 0. The number of hydrazone groups is 1. The van der Waals surface area contributed by atoms with Gasteiger partial charge in [0.05, 0.1) is 6.21 Å². The quantitative estimate of drug-likeness (QED) is 0.389. The van der Waals surface area contributed by atoms with E-state index in [1.807, 2.05) is 18.2 Å². The number of allylic oxidation sites excluding steroid dienone is 1. The maximum Gasteiger partial charge on any atom is 0.184 e. The molecule has 1 heterocycles. The topological polar surface area (TPSA) is 55.3 Å². The predicted octanol–water partition coefficient (Wildman–Crippen LogP) is 2.30. The molecule has 0 amide bonds. The van der Waals surface area contributed by atoms with Crippen molar-refractivity contribution in [3.8, 4) is 0 Å². The largest absolute Gasteiger partial charge is 0.375 e. The first kappa shape index (κ1) is 13.3. The molecule has 0 aliphatic heterocycles. The summed E-state index contributed by atoms with van der Waals surface area (Å²) in [6.07, 6.45) is 3.63. The van der Waals surface area contributed by atoms with Crippen molar-refractivity contribution in [1.82, 2.24) is 9.99 Å². The van der Waals surface area contributed by atoms with Crippen molar-refractivity contribution in [2.75, 3.05) is 0 Å². The van der Waals surface area contributed by atoms with Gasteiger partial charge in [0.1, 0.15) is 0 Å². The van der Waals surface area contributed by atoms with Crippen LogP contribution in [-0.4, -0.2) is 15.9 Å². The van der Waals surface area contributed by atoms with E-state index in [2.05, 4.69) is 40.7 Å². The van der Waals surface area contributed by atoms with E-state index in [1.165, 1.54) is 0 Å². The average Bonchev–Trinajstić information content (AvgIpc) is 2.65. The van der Waals surface area contributed by atoms with Gasteiger partial charge in [0.2, 0.25) is 0 Å². The Morgan fingerprint density at radius 2 is 2.26 bits per heavy atom. The van der Waals surface area contributed by atoms with Crippen LogP contribution < -0.4 is 11.2 Å². The maximum atomic E-state index is 5.35. The van der Waals surface area contributed by atoms with Crippen LogP contribution in [0.25, 0.3) is 10.9 Å². The lowest BCUT2D eigenvalue weighted by molar-refractivity contribution is 0.828. The standard InChI is InChI=1S/C14H16N4S/c1-3-8-18-10(2)12(9-16-17-14(15)19)11-6-4-5-7-13(11)18/h3-7,9H,1,8H2,2H3,(H3,15,17,19). The molecule has 0 fully saturated rings. The number of hydrogen-bond donors (Lipinski definition) is 2. The second kappa shape index (κ2) is 5.67. The fraction of sp³-hybridized carbons (Fsp3) is 0.143. The summed E-state index contributed by atoms with van der Waals surface area (Å²) in [5, 5.41) is 5.35. The van der Waals surface area contributed by atoms with E-state index in [-0.39, 0.29) is 5.11 Å². The Hall–Kier alpha value is -2.14. The first-order valence-corrected chi connectivity index (χ1v) is 6.33. The molecule has 0 spiro atoms. The van der Waals surface area contributed by atoms with Gasteiger partial charge in [0.15, 0.2) is 5.11 Å². The minimum atomic E-state index is 0.156. The monoisotopic (exact) mass is 272 g/mol. The number of hydrogen-bond acceptors (Lipinski definition) is 2. The van der Waals surface area contributed by atoms with E-state index in [4.69, 9.17) is 18.0 Å². The van der Waals surface area contributed by atoms with Gasteiger partial charge < -0.3 is 10.3 Å². The average molecular weight is 272 g/mol. The minimum absolute atomic E-state index is 0.156. The zero-order valence-corrected chi connectivity index (χ0v) is 11.6. The highest BCUT2D eigenvalue weighted by Crippen LogP contribution is 2.24. The molecule has 2 rings (SSSR count). The van der Waals surface area contributed by atoms with Gasteiger partial charge in [-0.2, -0.15) is 5.10 Å². The van der Waals surface area contributed by atoms with Gasteiger partial charge in [-0.25, -0.2) is 0 Å². The molecule has 0 saturated heterocycles. The molecule has 98 valence electrons. The number of aromatic nitrogens is 1. The Bertz CT molecular complexity index is 655. The first-order valence-electron chi connectivity index (χ1n) is 5.92. The van der Waals surface area contributed by atoms with Crippen LogP contribution in [0.15, 0.2) is 42.0 Å². The summed E-state index contributed by atoms with van der Waals surface area (Å²) >= 11 is 4.72. The molecule has 0 aliphatic carbocycles. The Balaban J connectivity index is 2.53. The van der Waals surface area contributed by atoms with Crippen molar-refractivity contribution in [3.05, 3.63) is 48.2 Å². The lowest BCUT2D eigenvalue weighted by Gasteiger charge is -2.03. The van der Waals surface area contributed by atoms with Crippen LogP contribution in [-0.2, 0) is 6.54 Å². The number of benzene rings is 1. The number of nitrogens with one attached hydrogen (secondary N) is 1. The molecule has 2 aromatic rings. The third kappa shape index (κ3) is 2.66. The molecule has 0 atom stereocenters. The van der Waals surface area contributed by atoms with Gasteiger partial charge in [0, 0.05) is 28.7 Å². The van der Waals surface area contributed by atoms with Crippen LogP contribution in [0.5, 0.6) is 0 Å². The van der Waals surface area contributed by atoms with E-state index in [1.54, 1.807) is 6.21 Å². The SMILES string of the molecule is C=CCn1c(C)c(C=NNC(N)=S)c2ccccc21. The third-order valence-corrected chi connectivity index (χ3v) is 3.05. The van der Waals surface area contributed by atoms with Crippen molar-refractivity contribution in [1.29, 1.82) is 0 Å². The summed E-state index contributed by atoms with van der Waals surface area (Å²) < 4.78 is 2.20. The highest BCUT2D eigenvalue weighted by Gasteiger charge is 2.10. The predicted molar refractivity (Wildman–Crippen MR) is 84.4 cm³/mol. The number of fused-ring (bicyclic) bond motifs is 1. The van der Waals surface area contributed by atoms with E-state index in [9.17, 15) is 0 Å². The molecular formula is C14H16N4S. The molecule has 4 nitrogen and oxygen atoms in total. The third-order valence-electron chi connectivity index (χ3n) is 2.96. The van der Waals surface area contributed by atoms with E-state index in [0.29, 0.717) is 0 Å². The number of nitrogens with zero attached hydrogens (tertiary/aromatic N) is 2.